The minimum Gasteiger partial charge on any atom is -0.394 e. The molecule has 2 fully saturated rings. The topological polar surface area (TPSA) is 35.5 Å². The van der Waals surface area contributed by atoms with E-state index in [0.717, 1.165) is 12.5 Å². The first-order valence-corrected chi connectivity index (χ1v) is 7.22. The zero-order chi connectivity index (χ0) is 12.3. The molecule has 0 aromatic rings. The Labute approximate surface area is 106 Å². The molecule has 1 unspecified atom stereocenters. The van der Waals surface area contributed by atoms with Gasteiger partial charge in [-0.05, 0) is 59.0 Å². The lowest BCUT2D eigenvalue weighted by Crippen LogP contribution is -2.47. The van der Waals surface area contributed by atoms with Gasteiger partial charge in [0, 0.05) is 17.6 Å². The van der Waals surface area contributed by atoms with Crippen molar-refractivity contribution in [2.24, 2.45) is 0 Å². The summed E-state index contributed by atoms with van der Waals surface area (Å²) in [6.07, 6.45) is 9.02. The molecule has 0 amide bonds. The van der Waals surface area contributed by atoms with Crippen LogP contribution in [-0.2, 0) is 0 Å². The third-order valence-electron chi connectivity index (χ3n) is 4.42. The first-order valence-electron chi connectivity index (χ1n) is 7.22. The van der Waals surface area contributed by atoms with E-state index in [2.05, 4.69) is 24.2 Å². The summed E-state index contributed by atoms with van der Waals surface area (Å²) < 4.78 is 0. The van der Waals surface area contributed by atoms with Crippen molar-refractivity contribution in [1.82, 2.24) is 10.2 Å². The smallest absolute Gasteiger partial charge is 0.0610 e. The van der Waals surface area contributed by atoms with Crippen LogP contribution in [0.4, 0.5) is 0 Å². The van der Waals surface area contributed by atoms with Crippen LogP contribution in [0.25, 0.3) is 0 Å². The molecule has 0 spiro atoms. The van der Waals surface area contributed by atoms with Crippen LogP contribution in [0.1, 0.15) is 51.9 Å². The predicted molar refractivity (Wildman–Crippen MR) is 71.2 cm³/mol. The molecular weight excluding hydrogens is 212 g/mol. The summed E-state index contributed by atoms with van der Waals surface area (Å²) in [7, 11) is 2.24. The Morgan fingerprint density at radius 3 is 2.47 bits per heavy atom. The highest BCUT2D eigenvalue weighted by Crippen LogP contribution is 2.26. The van der Waals surface area contributed by atoms with E-state index in [0.29, 0.717) is 6.04 Å². The van der Waals surface area contributed by atoms with E-state index < -0.39 is 0 Å². The molecule has 0 aromatic carbocycles. The highest BCUT2D eigenvalue weighted by atomic mass is 16.3. The molecule has 3 nitrogen and oxygen atoms in total. The lowest BCUT2D eigenvalue weighted by molar-refractivity contribution is 0.133. The van der Waals surface area contributed by atoms with Crippen LogP contribution in [0.2, 0.25) is 0 Å². The van der Waals surface area contributed by atoms with Crippen molar-refractivity contribution >= 4 is 0 Å². The molecule has 0 bridgehead atoms. The highest BCUT2D eigenvalue weighted by molar-refractivity contribution is 4.92. The summed E-state index contributed by atoms with van der Waals surface area (Å²) >= 11 is 0. The standard InChI is InChI=1S/C14H28N2O/c1-14(11-17,15-12-7-8-12)9-4-10-16(2)13-5-3-6-13/h12-13,15,17H,3-11H2,1-2H3. The van der Waals surface area contributed by atoms with Gasteiger partial charge in [0.05, 0.1) is 6.61 Å². The summed E-state index contributed by atoms with van der Waals surface area (Å²) in [5, 5.41) is 13.1. The molecule has 2 N–H and O–H groups in total. The fourth-order valence-corrected chi connectivity index (χ4v) is 2.65. The van der Waals surface area contributed by atoms with Crippen molar-refractivity contribution in [3.05, 3.63) is 0 Å². The monoisotopic (exact) mass is 240 g/mol. The Kier molecular flexibility index (Phi) is 4.45. The fraction of sp³-hybridized carbons (Fsp3) is 1.00. The molecule has 2 aliphatic carbocycles. The maximum atomic E-state index is 9.52. The largest absolute Gasteiger partial charge is 0.394 e. The van der Waals surface area contributed by atoms with Gasteiger partial charge in [-0.3, -0.25) is 0 Å². The first-order chi connectivity index (χ1) is 8.13. The molecule has 0 saturated heterocycles. The first kappa shape index (κ1) is 13.3. The normalized spacial score (nSPS) is 24.7. The number of aliphatic hydroxyl groups is 1. The minimum absolute atomic E-state index is 0.0539. The van der Waals surface area contributed by atoms with Gasteiger partial charge < -0.3 is 15.3 Å². The van der Waals surface area contributed by atoms with Crippen LogP contribution in [-0.4, -0.2) is 47.8 Å². The Balaban J connectivity index is 1.64. The van der Waals surface area contributed by atoms with Gasteiger partial charge >= 0.3 is 0 Å². The lowest BCUT2D eigenvalue weighted by atomic mass is 9.91. The molecule has 0 aromatic heterocycles. The second-order valence-electron chi connectivity index (χ2n) is 6.31. The number of rotatable bonds is 8. The number of hydrogen-bond donors (Lipinski definition) is 2. The average Bonchev–Trinajstić information content (AvgIpc) is 2.99. The van der Waals surface area contributed by atoms with Crippen LogP contribution in [0.3, 0.4) is 0 Å². The van der Waals surface area contributed by atoms with Crippen molar-refractivity contribution < 1.29 is 5.11 Å². The van der Waals surface area contributed by atoms with Crippen LogP contribution in [0.15, 0.2) is 0 Å². The van der Waals surface area contributed by atoms with Gasteiger partial charge in [0.1, 0.15) is 0 Å². The predicted octanol–water partition coefficient (Wildman–Crippen LogP) is 1.75. The van der Waals surface area contributed by atoms with Gasteiger partial charge in [-0.25, -0.2) is 0 Å². The van der Waals surface area contributed by atoms with E-state index in [1.54, 1.807) is 0 Å². The van der Waals surface area contributed by atoms with Crippen LogP contribution in [0, 0.1) is 0 Å². The number of nitrogens with zero attached hydrogens (tertiary/aromatic N) is 1. The molecule has 2 saturated carbocycles. The van der Waals surface area contributed by atoms with Crippen LogP contribution >= 0.6 is 0 Å². The van der Waals surface area contributed by atoms with E-state index >= 15 is 0 Å². The average molecular weight is 240 g/mol. The quantitative estimate of drug-likeness (QED) is 0.678. The third-order valence-corrected chi connectivity index (χ3v) is 4.42. The van der Waals surface area contributed by atoms with E-state index in [1.165, 1.54) is 45.1 Å². The third kappa shape index (κ3) is 3.94. The van der Waals surface area contributed by atoms with Crippen molar-refractivity contribution in [1.29, 1.82) is 0 Å². The Morgan fingerprint density at radius 2 is 2.00 bits per heavy atom. The lowest BCUT2D eigenvalue weighted by Gasteiger charge is -2.36. The van der Waals surface area contributed by atoms with Crippen LogP contribution in [0.5, 0.6) is 0 Å². The maximum absolute atomic E-state index is 9.52. The second kappa shape index (κ2) is 5.68. The van der Waals surface area contributed by atoms with E-state index in [4.69, 9.17) is 0 Å². The summed E-state index contributed by atoms with van der Waals surface area (Å²) in [5.74, 6) is 0. The van der Waals surface area contributed by atoms with Crippen molar-refractivity contribution in [3.63, 3.8) is 0 Å². The van der Waals surface area contributed by atoms with Crippen LogP contribution < -0.4 is 5.32 Å². The molecule has 0 heterocycles. The molecule has 100 valence electrons. The number of aliphatic hydroxyl groups excluding tert-OH is 1. The molecule has 17 heavy (non-hydrogen) atoms. The zero-order valence-corrected chi connectivity index (χ0v) is 11.4. The maximum Gasteiger partial charge on any atom is 0.0610 e. The van der Waals surface area contributed by atoms with Gasteiger partial charge in [0.15, 0.2) is 0 Å². The fourth-order valence-electron chi connectivity index (χ4n) is 2.65. The van der Waals surface area contributed by atoms with Gasteiger partial charge in [-0.1, -0.05) is 6.42 Å². The second-order valence-corrected chi connectivity index (χ2v) is 6.31. The SMILES string of the molecule is CN(CCCC(C)(CO)NC1CC1)C1CCC1. The Morgan fingerprint density at radius 1 is 1.29 bits per heavy atom. The molecule has 0 aliphatic heterocycles. The van der Waals surface area contributed by atoms with Gasteiger partial charge in [0.25, 0.3) is 0 Å². The molecule has 1 atom stereocenters. The van der Waals surface area contributed by atoms with E-state index in [9.17, 15) is 5.11 Å². The summed E-state index contributed by atoms with van der Waals surface area (Å²) in [4.78, 5) is 2.50. The van der Waals surface area contributed by atoms with Gasteiger partial charge in [0.2, 0.25) is 0 Å². The molecule has 3 heteroatoms. The summed E-state index contributed by atoms with van der Waals surface area (Å²) in [5.41, 5.74) is -0.0539. The van der Waals surface area contributed by atoms with E-state index in [1.807, 2.05) is 0 Å². The Bertz CT molecular complexity index is 238. The summed E-state index contributed by atoms with van der Waals surface area (Å²) in [6, 6.07) is 1.52. The molecule has 0 radical (unpaired) electrons. The Hall–Kier alpha value is -0.120. The highest BCUT2D eigenvalue weighted by Gasteiger charge is 2.31. The minimum atomic E-state index is -0.0539. The number of hydrogen-bond acceptors (Lipinski definition) is 3. The van der Waals surface area contributed by atoms with Crippen molar-refractivity contribution in [2.45, 2.75) is 69.5 Å². The number of nitrogens with one attached hydrogen (secondary N) is 1. The van der Waals surface area contributed by atoms with E-state index in [-0.39, 0.29) is 12.1 Å². The summed E-state index contributed by atoms with van der Waals surface area (Å²) in [6.45, 7) is 3.60. The zero-order valence-electron chi connectivity index (χ0n) is 11.4. The molecule has 2 rings (SSSR count). The van der Waals surface area contributed by atoms with Gasteiger partial charge in [-0.15, -0.1) is 0 Å². The van der Waals surface area contributed by atoms with Crippen molar-refractivity contribution in [3.8, 4) is 0 Å². The molecular formula is C14H28N2O. The molecule has 2 aliphatic rings. The van der Waals surface area contributed by atoms with Gasteiger partial charge in [-0.2, -0.15) is 0 Å². The van der Waals surface area contributed by atoms with Crippen molar-refractivity contribution in [2.75, 3.05) is 20.2 Å².